The van der Waals surface area contributed by atoms with Gasteiger partial charge in [0.25, 0.3) is 0 Å². The number of ether oxygens (including phenoxy) is 4. The van der Waals surface area contributed by atoms with E-state index in [1.54, 1.807) is 19.1 Å². The second-order valence-electron chi connectivity index (χ2n) is 8.34. The van der Waals surface area contributed by atoms with E-state index in [0.717, 1.165) is 36.6 Å². The summed E-state index contributed by atoms with van der Waals surface area (Å²) in [4.78, 5) is 1.75. The molecule has 4 fully saturated rings. The number of rotatable bonds is 2. The van der Waals surface area contributed by atoms with Gasteiger partial charge >= 0.3 is 0 Å². The highest BCUT2D eigenvalue weighted by Crippen LogP contribution is 2.43. The monoisotopic (exact) mass is 348 g/mol. The highest BCUT2D eigenvalue weighted by Gasteiger charge is 2.51. The van der Waals surface area contributed by atoms with Gasteiger partial charge in [0, 0.05) is 25.0 Å². The molecule has 138 valence electrons. The zero-order valence-corrected chi connectivity index (χ0v) is 15.3. The van der Waals surface area contributed by atoms with E-state index < -0.39 is 0 Å². The molecule has 0 spiro atoms. The van der Waals surface area contributed by atoms with Crippen LogP contribution in [-0.2, 0) is 18.9 Å². The van der Waals surface area contributed by atoms with Crippen LogP contribution in [-0.4, -0.2) is 58.5 Å². The smallest absolute Gasteiger partial charge is 0.147 e. The van der Waals surface area contributed by atoms with Crippen LogP contribution in [0.1, 0.15) is 32.1 Å². The first-order valence-electron chi connectivity index (χ1n) is 9.85. The first-order chi connectivity index (χ1) is 12.3. The lowest BCUT2D eigenvalue weighted by atomic mass is 9.66. The van der Waals surface area contributed by atoms with Crippen molar-refractivity contribution in [2.24, 2.45) is 11.8 Å². The molecule has 7 atom stereocenters. The van der Waals surface area contributed by atoms with E-state index in [-0.39, 0.29) is 6.10 Å². The van der Waals surface area contributed by atoms with E-state index in [1.165, 1.54) is 43.4 Å². The molecule has 1 saturated carbocycles. The van der Waals surface area contributed by atoms with Gasteiger partial charge in [-0.1, -0.05) is 6.08 Å². The summed E-state index contributed by atoms with van der Waals surface area (Å²) >= 11 is 0. The quantitative estimate of drug-likeness (QED) is 0.810. The molecule has 0 aromatic heterocycles. The number of fused-ring (bicyclic) bond motifs is 5. The molecular formula is C20H30NO4+. The van der Waals surface area contributed by atoms with Gasteiger partial charge in [0.05, 0.1) is 31.9 Å². The van der Waals surface area contributed by atoms with Crippen molar-refractivity contribution in [3.05, 3.63) is 23.0 Å². The summed E-state index contributed by atoms with van der Waals surface area (Å²) < 4.78 is 23.1. The van der Waals surface area contributed by atoms with Crippen LogP contribution in [0, 0.1) is 11.8 Å². The molecular weight excluding hydrogens is 318 g/mol. The summed E-state index contributed by atoms with van der Waals surface area (Å²) in [5.74, 6) is 2.67. The van der Waals surface area contributed by atoms with Crippen LogP contribution >= 0.6 is 0 Å². The first kappa shape index (κ1) is 16.3. The van der Waals surface area contributed by atoms with E-state index in [9.17, 15) is 0 Å². The van der Waals surface area contributed by atoms with Crippen molar-refractivity contribution in [1.29, 1.82) is 0 Å². The van der Waals surface area contributed by atoms with E-state index >= 15 is 0 Å². The largest absolute Gasteiger partial charge is 0.498 e. The fourth-order valence-corrected chi connectivity index (χ4v) is 6.16. The molecule has 5 heteroatoms. The number of hydrogen-bond acceptors (Lipinski definition) is 4. The lowest BCUT2D eigenvalue weighted by molar-refractivity contribution is -0.935. The molecule has 1 N–H and O–H groups in total. The number of quaternary nitrogens is 1. The minimum Gasteiger partial charge on any atom is -0.498 e. The summed E-state index contributed by atoms with van der Waals surface area (Å²) in [6, 6.07) is 0.733. The normalized spacial score (nSPS) is 45.8. The third kappa shape index (κ3) is 2.59. The SMILES string of the molecule is COC1=C2C[NH+]3CCC4CC5OCOC5CC4C3CC2=CCC1OC. The molecule has 5 aliphatic rings. The van der Waals surface area contributed by atoms with Crippen molar-refractivity contribution in [2.45, 2.75) is 56.5 Å². The summed E-state index contributed by atoms with van der Waals surface area (Å²) in [5.41, 5.74) is 2.93. The molecule has 3 heterocycles. The zero-order chi connectivity index (χ0) is 17.0. The summed E-state index contributed by atoms with van der Waals surface area (Å²) in [6.45, 7) is 2.87. The van der Waals surface area contributed by atoms with Gasteiger partial charge in [-0.15, -0.1) is 0 Å². The number of hydrogen-bond donors (Lipinski definition) is 1. The maximum atomic E-state index is 5.86. The van der Waals surface area contributed by atoms with Crippen LogP contribution in [0.2, 0.25) is 0 Å². The van der Waals surface area contributed by atoms with E-state index in [1.807, 2.05) is 0 Å². The standard InChI is InChI=1S/C20H29NO4/c1-22-17-4-3-12-7-16-14-9-19-18(24-11-25-19)8-13(14)5-6-21(16)10-15(12)20(17)23-2/h3,13-14,16-19H,4-11H2,1-2H3/p+1. The Hall–Kier alpha value is -0.880. The molecule has 5 nitrogen and oxygen atoms in total. The second kappa shape index (κ2) is 6.38. The van der Waals surface area contributed by atoms with Crippen molar-refractivity contribution in [2.75, 3.05) is 34.1 Å². The van der Waals surface area contributed by atoms with Crippen LogP contribution in [0.25, 0.3) is 0 Å². The van der Waals surface area contributed by atoms with E-state index in [4.69, 9.17) is 18.9 Å². The molecule has 25 heavy (non-hydrogen) atoms. The van der Waals surface area contributed by atoms with Crippen molar-refractivity contribution < 1.29 is 23.8 Å². The molecule has 0 amide bonds. The van der Waals surface area contributed by atoms with Crippen LogP contribution in [0.15, 0.2) is 23.0 Å². The molecule has 0 aromatic carbocycles. The third-order valence-corrected chi connectivity index (χ3v) is 7.41. The van der Waals surface area contributed by atoms with Gasteiger partial charge in [0.1, 0.15) is 25.2 Å². The first-order valence-corrected chi connectivity index (χ1v) is 9.85. The Bertz CT molecular complexity index is 601. The molecule has 2 aliphatic carbocycles. The average Bonchev–Trinajstić information content (AvgIpc) is 3.11. The third-order valence-electron chi connectivity index (χ3n) is 7.41. The predicted molar refractivity (Wildman–Crippen MR) is 92.1 cm³/mol. The fourth-order valence-electron chi connectivity index (χ4n) is 6.16. The summed E-state index contributed by atoms with van der Waals surface area (Å²) in [6.07, 6.45) is 9.05. The number of piperidine rings is 2. The molecule has 7 unspecified atom stereocenters. The van der Waals surface area contributed by atoms with Crippen molar-refractivity contribution in [3.63, 3.8) is 0 Å². The van der Waals surface area contributed by atoms with Crippen LogP contribution in [0.3, 0.4) is 0 Å². The molecule has 0 aromatic rings. The molecule has 5 rings (SSSR count). The fraction of sp³-hybridized carbons (Fsp3) is 0.800. The van der Waals surface area contributed by atoms with E-state index in [0.29, 0.717) is 19.0 Å². The lowest BCUT2D eigenvalue weighted by Gasteiger charge is -2.50. The predicted octanol–water partition coefficient (Wildman–Crippen LogP) is 1.06. The Morgan fingerprint density at radius 3 is 2.80 bits per heavy atom. The van der Waals surface area contributed by atoms with Gasteiger partial charge in [0.2, 0.25) is 0 Å². The van der Waals surface area contributed by atoms with Gasteiger partial charge in [-0.2, -0.15) is 0 Å². The average molecular weight is 348 g/mol. The molecule has 0 bridgehead atoms. The highest BCUT2D eigenvalue weighted by atomic mass is 16.7. The Labute approximate surface area is 149 Å². The lowest BCUT2D eigenvalue weighted by Crippen LogP contribution is -3.19. The summed E-state index contributed by atoms with van der Waals surface area (Å²) in [5, 5.41) is 0. The topological polar surface area (TPSA) is 41.4 Å². The Kier molecular flexibility index (Phi) is 4.16. The molecule has 3 saturated heterocycles. The van der Waals surface area contributed by atoms with Crippen molar-refractivity contribution in [3.8, 4) is 0 Å². The van der Waals surface area contributed by atoms with E-state index in [2.05, 4.69) is 6.08 Å². The van der Waals surface area contributed by atoms with Crippen LogP contribution < -0.4 is 4.90 Å². The second-order valence-corrected chi connectivity index (χ2v) is 8.34. The zero-order valence-electron chi connectivity index (χ0n) is 15.3. The van der Waals surface area contributed by atoms with Gasteiger partial charge in [-0.25, -0.2) is 0 Å². The molecule has 3 aliphatic heterocycles. The van der Waals surface area contributed by atoms with Crippen LogP contribution in [0.4, 0.5) is 0 Å². The van der Waals surface area contributed by atoms with Gasteiger partial charge in [-0.3, -0.25) is 0 Å². The van der Waals surface area contributed by atoms with Gasteiger partial charge < -0.3 is 23.8 Å². The van der Waals surface area contributed by atoms with Gasteiger partial charge in [0.15, 0.2) is 0 Å². The van der Waals surface area contributed by atoms with Crippen molar-refractivity contribution in [1.82, 2.24) is 0 Å². The maximum absolute atomic E-state index is 5.86. The Balaban J connectivity index is 1.40. The minimum atomic E-state index is 0.0942. The maximum Gasteiger partial charge on any atom is 0.147 e. The van der Waals surface area contributed by atoms with Crippen LogP contribution in [0.5, 0.6) is 0 Å². The number of nitrogens with one attached hydrogen (secondary N) is 1. The van der Waals surface area contributed by atoms with Crippen molar-refractivity contribution >= 4 is 0 Å². The van der Waals surface area contributed by atoms with Gasteiger partial charge in [-0.05, 0) is 37.2 Å². The minimum absolute atomic E-state index is 0.0942. The highest BCUT2D eigenvalue weighted by molar-refractivity contribution is 5.40. The Morgan fingerprint density at radius 2 is 2.00 bits per heavy atom. The Morgan fingerprint density at radius 1 is 1.16 bits per heavy atom. The summed E-state index contributed by atoms with van der Waals surface area (Å²) in [7, 11) is 3.58. The molecule has 0 radical (unpaired) electrons. The number of methoxy groups -OCH3 is 2.